The third-order valence-electron chi connectivity index (χ3n) is 3.46. The summed E-state index contributed by atoms with van der Waals surface area (Å²) in [5.41, 5.74) is -2.27. The quantitative estimate of drug-likeness (QED) is 0.163. The van der Waals surface area contributed by atoms with Crippen LogP contribution in [0.25, 0.3) is 0 Å². The first-order chi connectivity index (χ1) is 14.2. The van der Waals surface area contributed by atoms with Gasteiger partial charge in [-0.2, -0.15) is 13.2 Å². The number of anilines is 1. The first-order valence-corrected chi connectivity index (χ1v) is 9.89. The van der Waals surface area contributed by atoms with Gasteiger partial charge >= 0.3 is 12.3 Å². The lowest BCUT2D eigenvalue weighted by Gasteiger charge is -2.27. The number of guanidine groups is 1. The highest BCUT2D eigenvalue weighted by molar-refractivity contribution is 14.0. The fourth-order valence-electron chi connectivity index (χ4n) is 2.19. The first kappa shape index (κ1) is 29.9. The zero-order valence-electron chi connectivity index (χ0n) is 19.2. The minimum absolute atomic E-state index is 0. The largest absolute Gasteiger partial charge is 0.444 e. The molecule has 0 aromatic carbocycles. The number of hydrogen-bond acceptors (Lipinski definition) is 6. The van der Waals surface area contributed by atoms with Gasteiger partial charge in [-0.25, -0.2) is 14.8 Å². The summed E-state index contributed by atoms with van der Waals surface area (Å²) in [6.07, 6.45) is -4.00. The van der Waals surface area contributed by atoms with Crippen molar-refractivity contribution in [3.8, 4) is 0 Å². The molecule has 32 heavy (non-hydrogen) atoms. The summed E-state index contributed by atoms with van der Waals surface area (Å²) >= 11 is 0. The number of amides is 1. The summed E-state index contributed by atoms with van der Waals surface area (Å²) in [6.45, 7) is 12.4. The number of aliphatic imine (C=N–C) groups is 1. The van der Waals surface area contributed by atoms with Crippen LogP contribution < -0.4 is 21.3 Å². The van der Waals surface area contributed by atoms with E-state index in [4.69, 9.17) is 4.74 Å². The van der Waals surface area contributed by atoms with E-state index in [1.54, 1.807) is 20.8 Å². The first-order valence-electron chi connectivity index (χ1n) is 9.89. The minimum atomic E-state index is -4.53. The molecule has 0 bridgehead atoms. The molecule has 0 saturated heterocycles. The number of nitrogens with one attached hydrogen (secondary N) is 4. The molecule has 1 heterocycles. The molecule has 0 spiro atoms. The van der Waals surface area contributed by atoms with Crippen LogP contribution in [0.1, 0.15) is 47.2 Å². The van der Waals surface area contributed by atoms with Gasteiger partial charge in [0.15, 0.2) is 5.96 Å². The van der Waals surface area contributed by atoms with Crippen LogP contribution in [0.2, 0.25) is 0 Å². The molecule has 0 aliphatic heterocycles. The van der Waals surface area contributed by atoms with Crippen LogP contribution in [0.15, 0.2) is 17.3 Å². The number of carbonyl (C=O) groups excluding carboxylic acids is 1. The molecule has 4 N–H and O–H groups in total. The lowest BCUT2D eigenvalue weighted by molar-refractivity contribution is -0.141. The van der Waals surface area contributed by atoms with Crippen molar-refractivity contribution in [1.82, 2.24) is 25.9 Å². The topological polar surface area (TPSA) is 113 Å². The number of hydrogen-bond donors (Lipinski definition) is 4. The number of rotatable bonds is 8. The lowest BCUT2D eigenvalue weighted by atomic mass is 10.1. The third-order valence-corrected chi connectivity index (χ3v) is 3.46. The van der Waals surface area contributed by atoms with Crippen LogP contribution in [-0.2, 0) is 10.9 Å². The zero-order valence-corrected chi connectivity index (χ0v) is 21.5. The predicted molar refractivity (Wildman–Crippen MR) is 128 cm³/mol. The monoisotopic (exact) mass is 575 g/mol. The molecular weight excluding hydrogens is 542 g/mol. The number of nitrogens with zero attached hydrogens (tertiary/aromatic N) is 3. The van der Waals surface area contributed by atoms with E-state index in [2.05, 4.69) is 36.2 Å². The molecule has 0 aliphatic carbocycles. The molecule has 9 nitrogen and oxygen atoms in total. The molecule has 1 aromatic heterocycles. The van der Waals surface area contributed by atoms with Crippen molar-refractivity contribution in [1.29, 1.82) is 0 Å². The van der Waals surface area contributed by atoms with Gasteiger partial charge in [-0.1, -0.05) is 0 Å². The molecule has 0 atom stereocenters. The Morgan fingerprint density at radius 2 is 1.78 bits per heavy atom. The highest BCUT2D eigenvalue weighted by atomic mass is 127. The van der Waals surface area contributed by atoms with Crippen LogP contribution in [-0.4, -0.2) is 59.3 Å². The average Bonchev–Trinajstić information content (AvgIpc) is 2.60. The molecule has 0 aliphatic rings. The molecule has 0 saturated carbocycles. The summed E-state index contributed by atoms with van der Waals surface area (Å²) in [6, 6.07) is 0.812. The maximum atomic E-state index is 12.7. The minimum Gasteiger partial charge on any atom is -0.444 e. The van der Waals surface area contributed by atoms with Gasteiger partial charge in [-0.15, -0.1) is 24.0 Å². The Bertz CT molecular complexity index is 753. The van der Waals surface area contributed by atoms with Crippen molar-refractivity contribution in [2.45, 2.75) is 58.9 Å². The Morgan fingerprint density at radius 1 is 1.12 bits per heavy atom. The smallest absolute Gasteiger partial charge is 0.433 e. The number of aromatic nitrogens is 2. The van der Waals surface area contributed by atoms with Gasteiger partial charge in [0.1, 0.15) is 11.3 Å². The van der Waals surface area contributed by atoms with E-state index in [9.17, 15) is 18.0 Å². The van der Waals surface area contributed by atoms with Gasteiger partial charge in [0.25, 0.3) is 0 Å². The van der Waals surface area contributed by atoms with Crippen LogP contribution in [0, 0.1) is 0 Å². The molecule has 184 valence electrons. The number of alkyl carbamates (subject to hydrolysis) is 1. The van der Waals surface area contributed by atoms with Crippen molar-refractivity contribution in [2.75, 3.05) is 31.5 Å². The fourth-order valence-corrected chi connectivity index (χ4v) is 2.19. The molecule has 1 aromatic rings. The Hall–Kier alpha value is -2.06. The van der Waals surface area contributed by atoms with Crippen molar-refractivity contribution in [3.05, 3.63) is 18.0 Å². The second kappa shape index (κ2) is 12.8. The van der Waals surface area contributed by atoms with E-state index in [0.717, 1.165) is 12.3 Å². The summed E-state index contributed by atoms with van der Waals surface area (Å²) in [5.74, 6) is 0.384. The molecule has 0 unspecified atom stereocenters. The van der Waals surface area contributed by atoms with E-state index < -0.39 is 29.1 Å². The van der Waals surface area contributed by atoms with Crippen molar-refractivity contribution in [2.24, 2.45) is 4.99 Å². The number of alkyl halides is 3. The predicted octanol–water partition coefficient (Wildman–Crippen LogP) is 3.38. The van der Waals surface area contributed by atoms with Gasteiger partial charge in [0.05, 0.1) is 12.1 Å². The molecule has 13 heteroatoms. The Morgan fingerprint density at radius 3 is 2.34 bits per heavy atom. The van der Waals surface area contributed by atoms with E-state index in [-0.39, 0.29) is 43.0 Å². The van der Waals surface area contributed by atoms with E-state index in [1.807, 2.05) is 20.8 Å². The Labute approximate surface area is 203 Å². The standard InChI is InChI=1S/C19H32F3N7O2.HI/c1-7-23-14(27-12-18(5,6)29-16(30)31-17(2,3)4)25-10-11-26-15-24-9-8-13(28-15)19(20,21)22;/h8-9H,7,10-12H2,1-6H3,(H,29,30)(H2,23,25,27)(H,24,26,28);1H. The summed E-state index contributed by atoms with van der Waals surface area (Å²) in [7, 11) is 0. The second-order valence-corrected chi connectivity index (χ2v) is 8.32. The molecule has 1 amide bonds. The van der Waals surface area contributed by atoms with E-state index in [0.29, 0.717) is 19.0 Å². The molecule has 0 fully saturated rings. The maximum Gasteiger partial charge on any atom is 0.433 e. The zero-order chi connectivity index (χ0) is 23.7. The van der Waals surface area contributed by atoms with Crippen LogP contribution in [0.3, 0.4) is 0 Å². The number of ether oxygens (including phenoxy) is 1. The van der Waals surface area contributed by atoms with Crippen molar-refractivity contribution < 1.29 is 22.7 Å². The van der Waals surface area contributed by atoms with Gasteiger partial charge in [-0.05, 0) is 47.6 Å². The number of halogens is 4. The third kappa shape index (κ3) is 12.7. The summed E-state index contributed by atoms with van der Waals surface area (Å²) in [4.78, 5) is 23.6. The molecule has 1 rings (SSSR count). The summed E-state index contributed by atoms with van der Waals surface area (Å²) in [5, 5.41) is 11.6. The van der Waals surface area contributed by atoms with Crippen LogP contribution in [0.4, 0.5) is 23.9 Å². The van der Waals surface area contributed by atoms with Gasteiger partial charge in [-0.3, -0.25) is 4.99 Å². The number of carbonyl (C=O) groups is 1. The Balaban J connectivity index is 0.00000961. The fraction of sp³-hybridized carbons (Fsp3) is 0.684. The van der Waals surface area contributed by atoms with Gasteiger partial charge < -0.3 is 26.0 Å². The second-order valence-electron chi connectivity index (χ2n) is 8.32. The summed E-state index contributed by atoms with van der Waals surface area (Å²) < 4.78 is 43.4. The van der Waals surface area contributed by atoms with Crippen LogP contribution >= 0.6 is 24.0 Å². The highest BCUT2D eigenvalue weighted by Crippen LogP contribution is 2.27. The van der Waals surface area contributed by atoms with Crippen molar-refractivity contribution >= 4 is 42.0 Å². The SMILES string of the molecule is CCNC(=NCC(C)(C)NC(=O)OC(C)(C)C)NCCNc1nccc(C(F)(F)F)n1.I. The lowest BCUT2D eigenvalue weighted by Crippen LogP contribution is -2.49. The normalized spacial score (nSPS) is 12.5. The van der Waals surface area contributed by atoms with Gasteiger partial charge in [0.2, 0.25) is 5.95 Å². The molecular formula is C19H33F3IN7O2. The Kier molecular flexibility index (Phi) is 12.0. The molecule has 0 radical (unpaired) electrons. The van der Waals surface area contributed by atoms with Gasteiger partial charge in [0, 0.05) is 25.8 Å². The van der Waals surface area contributed by atoms with Crippen molar-refractivity contribution in [3.63, 3.8) is 0 Å². The maximum absolute atomic E-state index is 12.7. The van der Waals surface area contributed by atoms with Crippen LogP contribution in [0.5, 0.6) is 0 Å². The highest BCUT2D eigenvalue weighted by Gasteiger charge is 2.32. The van der Waals surface area contributed by atoms with E-state index in [1.165, 1.54) is 0 Å². The van der Waals surface area contributed by atoms with E-state index >= 15 is 0 Å². The average molecular weight is 575 g/mol.